The highest BCUT2D eigenvalue weighted by molar-refractivity contribution is 9.10. The van der Waals surface area contributed by atoms with Gasteiger partial charge in [0.1, 0.15) is 0 Å². The Kier molecular flexibility index (Phi) is 3.77. The number of halogens is 1. The SMILES string of the molecule is Cc1[nH]nc(CN2CCCNCC2)c1Br. The maximum atomic E-state index is 4.31. The van der Waals surface area contributed by atoms with Crippen LogP contribution in [0.5, 0.6) is 0 Å². The number of aryl methyl sites for hydroxylation is 1. The molecule has 0 bridgehead atoms. The summed E-state index contributed by atoms with van der Waals surface area (Å²) in [6.45, 7) is 7.46. The van der Waals surface area contributed by atoms with E-state index in [2.05, 4.69) is 36.3 Å². The van der Waals surface area contributed by atoms with Crippen LogP contribution in [0.15, 0.2) is 4.47 Å². The number of nitrogens with one attached hydrogen (secondary N) is 2. The third kappa shape index (κ3) is 2.80. The van der Waals surface area contributed by atoms with Crippen molar-refractivity contribution in [3.05, 3.63) is 15.9 Å². The van der Waals surface area contributed by atoms with Crippen LogP contribution in [0.4, 0.5) is 0 Å². The highest BCUT2D eigenvalue weighted by atomic mass is 79.9. The molecular weight excluding hydrogens is 256 g/mol. The van der Waals surface area contributed by atoms with E-state index in [1.807, 2.05) is 6.92 Å². The molecule has 4 nitrogen and oxygen atoms in total. The summed E-state index contributed by atoms with van der Waals surface area (Å²) in [5.41, 5.74) is 2.23. The maximum Gasteiger partial charge on any atom is 0.0906 e. The van der Waals surface area contributed by atoms with Crippen LogP contribution in [-0.4, -0.2) is 41.3 Å². The van der Waals surface area contributed by atoms with Gasteiger partial charge < -0.3 is 5.32 Å². The van der Waals surface area contributed by atoms with Gasteiger partial charge in [0, 0.05) is 25.3 Å². The predicted octanol–water partition coefficient (Wildman–Crippen LogP) is 1.28. The summed E-state index contributed by atoms with van der Waals surface area (Å²) in [6.07, 6.45) is 1.22. The molecule has 0 radical (unpaired) electrons. The fraction of sp³-hybridized carbons (Fsp3) is 0.700. The minimum Gasteiger partial charge on any atom is -0.315 e. The van der Waals surface area contributed by atoms with Gasteiger partial charge in [-0.3, -0.25) is 10.00 Å². The molecule has 5 heteroatoms. The topological polar surface area (TPSA) is 44.0 Å². The largest absolute Gasteiger partial charge is 0.315 e. The molecule has 1 aliphatic rings. The van der Waals surface area contributed by atoms with E-state index in [4.69, 9.17) is 0 Å². The molecule has 2 rings (SSSR count). The van der Waals surface area contributed by atoms with Crippen LogP contribution >= 0.6 is 15.9 Å². The second-order valence-electron chi connectivity index (χ2n) is 3.99. The Morgan fingerprint density at radius 2 is 2.27 bits per heavy atom. The lowest BCUT2D eigenvalue weighted by atomic mass is 10.3. The highest BCUT2D eigenvalue weighted by Gasteiger charge is 2.13. The molecule has 0 amide bonds. The average Bonchev–Trinajstić information content (AvgIpc) is 2.50. The zero-order chi connectivity index (χ0) is 10.7. The van der Waals surface area contributed by atoms with Gasteiger partial charge in [-0.05, 0) is 42.4 Å². The standard InChI is InChI=1S/C10H17BrN4/c1-8-10(11)9(14-13-8)7-15-5-2-3-12-4-6-15/h12H,2-7H2,1H3,(H,13,14). The number of rotatable bonds is 2. The van der Waals surface area contributed by atoms with Crippen LogP contribution < -0.4 is 5.32 Å². The Labute approximate surface area is 98.6 Å². The lowest BCUT2D eigenvalue weighted by Gasteiger charge is -2.17. The fourth-order valence-corrected chi connectivity index (χ4v) is 2.14. The Hall–Kier alpha value is -0.390. The van der Waals surface area contributed by atoms with Gasteiger partial charge in [0.2, 0.25) is 0 Å². The molecule has 1 fully saturated rings. The van der Waals surface area contributed by atoms with Crippen LogP contribution in [0.3, 0.4) is 0 Å². The summed E-state index contributed by atoms with van der Waals surface area (Å²) in [6, 6.07) is 0. The van der Waals surface area contributed by atoms with Gasteiger partial charge in [0.15, 0.2) is 0 Å². The van der Waals surface area contributed by atoms with Crippen molar-refractivity contribution in [3.8, 4) is 0 Å². The van der Waals surface area contributed by atoms with Crippen molar-refractivity contribution in [1.29, 1.82) is 0 Å². The summed E-state index contributed by atoms with van der Waals surface area (Å²) in [5, 5.41) is 10.7. The van der Waals surface area contributed by atoms with E-state index >= 15 is 0 Å². The molecular formula is C10H17BrN4. The Morgan fingerprint density at radius 3 is 3.00 bits per heavy atom. The molecule has 0 atom stereocenters. The quantitative estimate of drug-likeness (QED) is 0.853. The van der Waals surface area contributed by atoms with Crippen molar-refractivity contribution in [3.63, 3.8) is 0 Å². The normalized spacial score (nSPS) is 19.1. The summed E-state index contributed by atoms with van der Waals surface area (Å²) >= 11 is 3.56. The van der Waals surface area contributed by atoms with E-state index in [0.717, 1.165) is 48.6 Å². The summed E-state index contributed by atoms with van der Waals surface area (Å²) in [4.78, 5) is 2.44. The molecule has 2 heterocycles. The molecule has 1 aliphatic heterocycles. The van der Waals surface area contributed by atoms with E-state index in [1.54, 1.807) is 0 Å². The minimum absolute atomic E-state index is 0.937. The van der Waals surface area contributed by atoms with E-state index in [0.29, 0.717) is 0 Å². The molecule has 0 aromatic carbocycles. The zero-order valence-electron chi connectivity index (χ0n) is 9.02. The van der Waals surface area contributed by atoms with Crippen molar-refractivity contribution >= 4 is 15.9 Å². The van der Waals surface area contributed by atoms with Crippen LogP contribution in [0, 0.1) is 6.92 Å². The molecule has 1 aromatic heterocycles. The number of H-pyrrole nitrogens is 1. The Bertz CT molecular complexity index is 315. The van der Waals surface area contributed by atoms with E-state index in [-0.39, 0.29) is 0 Å². The second-order valence-corrected chi connectivity index (χ2v) is 4.78. The van der Waals surface area contributed by atoms with Gasteiger partial charge in [-0.1, -0.05) is 0 Å². The van der Waals surface area contributed by atoms with Gasteiger partial charge >= 0.3 is 0 Å². The number of hydrogen-bond donors (Lipinski definition) is 2. The van der Waals surface area contributed by atoms with Gasteiger partial charge in [-0.15, -0.1) is 0 Å². The molecule has 84 valence electrons. The first kappa shape index (κ1) is 11.1. The van der Waals surface area contributed by atoms with E-state index < -0.39 is 0 Å². The van der Waals surface area contributed by atoms with E-state index in [9.17, 15) is 0 Å². The summed E-state index contributed by atoms with van der Waals surface area (Å²) in [5.74, 6) is 0. The molecule has 1 saturated heterocycles. The molecule has 0 spiro atoms. The Balaban J connectivity index is 1.98. The smallest absolute Gasteiger partial charge is 0.0906 e. The zero-order valence-corrected chi connectivity index (χ0v) is 10.6. The van der Waals surface area contributed by atoms with Gasteiger partial charge in [0.05, 0.1) is 10.2 Å². The number of aromatic amines is 1. The first-order valence-electron chi connectivity index (χ1n) is 5.40. The van der Waals surface area contributed by atoms with Gasteiger partial charge in [0.25, 0.3) is 0 Å². The molecule has 0 aliphatic carbocycles. The molecule has 15 heavy (non-hydrogen) atoms. The van der Waals surface area contributed by atoms with Crippen molar-refractivity contribution in [1.82, 2.24) is 20.4 Å². The predicted molar refractivity (Wildman–Crippen MR) is 63.8 cm³/mol. The lowest BCUT2D eigenvalue weighted by Crippen LogP contribution is -2.27. The fourth-order valence-electron chi connectivity index (χ4n) is 1.84. The average molecular weight is 273 g/mol. The van der Waals surface area contributed by atoms with Crippen molar-refractivity contribution in [2.75, 3.05) is 26.2 Å². The van der Waals surface area contributed by atoms with Crippen molar-refractivity contribution in [2.24, 2.45) is 0 Å². The van der Waals surface area contributed by atoms with Crippen LogP contribution in [0.2, 0.25) is 0 Å². The summed E-state index contributed by atoms with van der Waals surface area (Å²) in [7, 11) is 0. The van der Waals surface area contributed by atoms with Gasteiger partial charge in [-0.25, -0.2) is 0 Å². The lowest BCUT2D eigenvalue weighted by molar-refractivity contribution is 0.280. The third-order valence-corrected chi connectivity index (χ3v) is 3.80. The Morgan fingerprint density at radius 1 is 1.40 bits per heavy atom. The van der Waals surface area contributed by atoms with Crippen molar-refractivity contribution in [2.45, 2.75) is 19.9 Å². The molecule has 0 saturated carbocycles. The number of hydrogen-bond acceptors (Lipinski definition) is 3. The first-order valence-corrected chi connectivity index (χ1v) is 6.19. The maximum absolute atomic E-state index is 4.31. The van der Waals surface area contributed by atoms with Crippen LogP contribution in [-0.2, 0) is 6.54 Å². The molecule has 0 unspecified atom stereocenters. The number of aromatic nitrogens is 2. The van der Waals surface area contributed by atoms with Gasteiger partial charge in [-0.2, -0.15) is 5.10 Å². The van der Waals surface area contributed by atoms with Crippen LogP contribution in [0.1, 0.15) is 17.8 Å². The first-order chi connectivity index (χ1) is 7.27. The second kappa shape index (κ2) is 5.09. The van der Waals surface area contributed by atoms with Crippen LogP contribution in [0.25, 0.3) is 0 Å². The monoisotopic (exact) mass is 272 g/mol. The number of nitrogens with zero attached hydrogens (tertiary/aromatic N) is 2. The summed E-state index contributed by atoms with van der Waals surface area (Å²) < 4.78 is 1.12. The molecule has 1 aromatic rings. The molecule has 2 N–H and O–H groups in total. The highest BCUT2D eigenvalue weighted by Crippen LogP contribution is 2.19. The third-order valence-electron chi connectivity index (χ3n) is 2.75. The van der Waals surface area contributed by atoms with E-state index in [1.165, 1.54) is 6.42 Å². The minimum atomic E-state index is 0.937. The van der Waals surface area contributed by atoms with Crippen molar-refractivity contribution < 1.29 is 0 Å².